The van der Waals surface area contributed by atoms with E-state index in [4.69, 9.17) is 0 Å². The molecule has 0 amide bonds. The van der Waals surface area contributed by atoms with Gasteiger partial charge in [0.2, 0.25) is 0 Å². The third kappa shape index (κ3) is 7.31. The molecule has 0 bridgehead atoms. The first-order valence-electron chi connectivity index (χ1n) is 24.1. The van der Waals surface area contributed by atoms with Gasteiger partial charge in [-0.05, 0) is 150 Å². The van der Waals surface area contributed by atoms with Crippen LogP contribution in [0.25, 0.3) is 105 Å². The molecule has 0 spiro atoms. The lowest BCUT2D eigenvalue weighted by Crippen LogP contribution is -2.09. The predicted octanol–water partition coefficient (Wildman–Crippen LogP) is 18.9. The normalized spacial score (nSPS) is 11.7. The van der Waals surface area contributed by atoms with Gasteiger partial charge in [-0.25, -0.2) is 0 Å². The Morgan fingerprint density at radius 1 is 0.271 bits per heavy atom. The molecular weight excluding hydrogens is 845 g/mol. The summed E-state index contributed by atoms with van der Waals surface area (Å²) in [5, 5.41) is 9.92. The van der Waals surface area contributed by atoms with Crippen molar-refractivity contribution in [1.82, 2.24) is 4.57 Å². The summed E-state index contributed by atoms with van der Waals surface area (Å²) < 4.78 is 2.41. The molecule has 0 aliphatic rings. The first-order chi connectivity index (χ1) is 34.7. The maximum absolute atomic E-state index is 2.41. The van der Waals surface area contributed by atoms with Crippen LogP contribution < -0.4 is 4.90 Å². The first kappa shape index (κ1) is 41.0. The molecule has 0 N–H and O–H groups in total. The van der Waals surface area contributed by atoms with Crippen molar-refractivity contribution in [2.75, 3.05) is 4.90 Å². The average molecular weight is 891 g/mol. The lowest BCUT2D eigenvalue weighted by molar-refractivity contribution is 1.18. The third-order valence-electron chi connectivity index (χ3n) is 13.9. The van der Waals surface area contributed by atoms with Gasteiger partial charge >= 0.3 is 0 Å². The number of anilines is 3. The number of para-hydroxylation sites is 3. The van der Waals surface area contributed by atoms with Gasteiger partial charge in [-0.3, -0.25) is 0 Å². The van der Waals surface area contributed by atoms with E-state index in [1.165, 1.54) is 82.0 Å². The van der Waals surface area contributed by atoms with E-state index in [1.54, 1.807) is 0 Å². The quantitative estimate of drug-likeness (QED) is 0.104. The molecule has 0 aliphatic carbocycles. The van der Waals surface area contributed by atoms with Crippen molar-refractivity contribution < 1.29 is 0 Å². The Bertz CT molecular complexity index is 4040. The fourth-order valence-corrected chi connectivity index (χ4v) is 10.6. The Morgan fingerprint density at radius 2 is 0.729 bits per heavy atom. The van der Waals surface area contributed by atoms with Gasteiger partial charge in [0.15, 0.2) is 0 Å². The van der Waals surface area contributed by atoms with Gasteiger partial charge in [0.25, 0.3) is 0 Å². The number of fused-ring (bicyclic) bond motifs is 7. The van der Waals surface area contributed by atoms with Crippen LogP contribution in [0.3, 0.4) is 0 Å². The highest BCUT2D eigenvalue weighted by Crippen LogP contribution is 2.46. The van der Waals surface area contributed by atoms with Crippen molar-refractivity contribution in [2.45, 2.75) is 0 Å². The Kier molecular flexibility index (Phi) is 10.2. The minimum Gasteiger partial charge on any atom is -0.310 e. The summed E-state index contributed by atoms with van der Waals surface area (Å²) in [6.07, 6.45) is 4.48. The van der Waals surface area contributed by atoms with Crippen LogP contribution in [0.1, 0.15) is 11.1 Å². The summed E-state index contributed by atoms with van der Waals surface area (Å²) in [6.45, 7) is 0. The predicted molar refractivity (Wildman–Crippen MR) is 300 cm³/mol. The summed E-state index contributed by atoms with van der Waals surface area (Å²) in [4.78, 5) is 2.33. The molecule has 0 radical (unpaired) electrons. The highest BCUT2D eigenvalue weighted by Gasteiger charge is 2.20. The molecule has 2 nitrogen and oxygen atoms in total. The fraction of sp³-hybridized carbons (Fsp3) is 0. The molecule has 1 aromatic heterocycles. The molecule has 1 heterocycles. The second-order valence-corrected chi connectivity index (χ2v) is 18.1. The van der Waals surface area contributed by atoms with Crippen LogP contribution in [0.4, 0.5) is 17.1 Å². The Hall–Kier alpha value is -9.24. The largest absolute Gasteiger partial charge is 0.310 e. The van der Waals surface area contributed by atoms with Gasteiger partial charge in [0.05, 0.1) is 11.0 Å². The van der Waals surface area contributed by atoms with Crippen molar-refractivity contribution in [1.29, 1.82) is 0 Å². The third-order valence-corrected chi connectivity index (χ3v) is 13.9. The summed E-state index contributed by atoms with van der Waals surface area (Å²) in [5.74, 6) is 0. The van der Waals surface area contributed by atoms with Crippen LogP contribution in [0.15, 0.2) is 267 Å². The van der Waals surface area contributed by atoms with Gasteiger partial charge in [-0.15, -0.1) is 0 Å². The topological polar surface area (TPSA) is 8.17 Å². The second kappa shape index (κ2) is 17.4. The molecule has 13 aromatic rings. The number of aromatic nitrogens is 1. The molecule has 12 aromatic carbocycles. The first-order valence-corrected chi connectivity index (χ1v) is 24.1. The smallest absolute Gasteiger partial charge is 0.0561 e. The molecule has 0 atom stereocenters. The maximum atomic E-state index is 2.41. The van der Waals surface area contributed by atoms with Crippen molar-refractivity contribution in [3.63, 3.8) is 0 Å². The number of hydrogen-bond acceptors (Lipinski definition) is 1. The molecule has 70 heavy (non-hydrogen) atoms. The maximum Gasteiger partial charge on any atom is 0.0561 e. The van der Waals surface area contributed by atoms with Gasteiger partial charge < -0.3 is 9.47 Å². The second-order valence-electron chi connectivity index (χ2n) is 18.1. The van der Waals surface area contributed by atoms with Crippen molar-refractivity contribution >= 4 is 83.3 Å². The minimum atomic E-state index is 1.11. The molecule has 0 saturated heterocycles. The molecule has 0 unspecified atom stereocenters. The number of rotatable bonds is 9. The van der Waals surface area contributed by atoms with Crippen LogP contribution >= 0.6 is 0 Å². The van der Waals surface area contributed by atoms with E-state index < -0.39 is 0 Å². The van der Waals surface area contributed by atoms with Crippen LogP contribution in [0, 0.1) is 0 Å². The molecule has 0 saturated carbocycles. The zero-order valence-corrected chi connectivity index (χ0v) is 38.5. The van der Waals surface area contributed by atoms with E-state index >= 15 is 0 Å². The van der Waals surface area contributed by atoms with Gasteiger partial charge in [0, 0.05) is 33.5 Å². The van der Waals surface area contributed by atoms with Crippen LogP contribution in [-0.4, -0.2) is 4.57 Å². The number of hydrogen-bond donors (Lipinski definition) is 0. The van der Waals surface area contributed by atoms with E-state index in [-0.39, 0.29) is 0 Å². The highest BCUT2D eigenvalue weighted by atomic mass is 15.1. The van der Waals surface area contributed by atoms with Gasteiger partial charge in [-0.1, -0.05) is 206 Å². The number of benzene rings is 12. The van der Waals surface area contributed by atoms with Crippen molar-refractivity contribution in [2.24, 2.45) is 0 Å². The van der Waals surface area contributed by atoms with Crippen LogP contribution in [0.2, 0.25) is 0 Å². The SMILES string of the molecule is C(=C\c1ccc2c3ccc(N(c4ccccc4)c4ccccc4)cc3n(-c3ccccc3)c2c1)/c1ccc2cc(-c3ccc4c(-c5ccccc5)c(-c5ccccc5)c5ccccc5c4c3)ccc2c1. The lowest BCUT2D eigenvalue weighted by Gasteiger charge is -2.25. The Balaban J connectivity index is 0.854. The molecule has 2 heteroatoms. The monoisotopic (exact) mass is 890 g/mol. The lowest BCUT2D eigenvalue weighted by atomic mass is 9.84. The fourth-order valence-electron chi connectivity index (χ4n) is 10.6. The van der Waals surface area contributed by atoms with E-state index in [9.17, 15) is 0 Å². The van der Waals surface area contributed by atoms with Crippen LogP contribution in [-0.2, 0) is 0 Å². The highest BCUT2D eigenvalue weighted by molar-refractivity contribution is 6.22. The van der Waals surface area contributed by atoms with E-state index in [2.05, 4.69) is 289 Å². The molecule has 13 rings (SSSR count). The molecule has 0 aliphatic heterocycles. The van der Waals surface area contributed by atoms with Crippen molar-refractivity contribution in [3.05, 3.63) is 278 Å². The summed E-state index contributed by atoms with van der Waals surface area (Å²) in [6, 6.07) is 97.0. The van der Waals surface area contributed by atoms with E-state index in [0.29, 0.717) is 0 Å². The summed E-state index contributed by atoms with van der Waals surface area (Å²) in [7, 11) is 0. The summed E-state index contributed by atoms with van der Waals surface area (Å²) in [5.41, 5.74) is 16.5. The van der Waals surface area contributed by atoms with E-state index in [0.717, 1.165) is 39.4 Å². The molecule has 0 fully saturated rings. The van der Waals surface area contributed by atoms with Crippen LogP contribution in [0.5, 0.6) is 0 Å². The molecular formula is C68H46N2. The Labute approximate surface area is 407 Å². The van der Waals surface area contributed by atoms with Crippen molar-refractivity contribution in [3.8, 4) is 39.1 Å². The van der Waals surface area contributed by atoms with Gasteiger partial charge in [-0.2, -0.15) is 0 Å². The summed E-state index contributed by atoms with van der Waals surface area (Å²) >= 11 is 0. The number of nitrogens with zero attached hydrogens (tertiary/aromatic N) is 2. The molecule has 328 valence electrons. The standard InChI is InChI=1S/C68H46N2/c1-6-18-49(19-7-1)67-62-29-17-16-28-59(62)64-45-54(37-40-63(64)68(67)50-20-8-2-9-21-50)53-36-35-51-42-47(32-34-52(51)44-53)30-31-48-33-39-60-61-41-38-58(46-66(61)70(65(60)43-48)57-26-14-5-15-27-57)69(55-22-10-3-11-23-55)56-24-12-4-13-25-56/h1-46H/b31-30+. The van der Waals surface area contributed by atoms with E-state index in [1.807, 2.05) is 0 Å². The zero-order valence-electron chi connectivity index (χ0n) is 38.5. The zero-order chi connectivity index (χ0) is 46.4. The minimum absolute atomic E-state index is 1.11. The Morgan fingerprint density at radius 3 is 1.39 bits per heavy atom. The average Bonchev–Trinajstić information content (AvgIpc) is 3.76. The van der Waals surface area contributed by atoms with Gasteiger partial charge in [0.1, 0.15) is 0 Å².